The van der Waals surface area contributed by atoms with Crippen LogP contribution < -0.4 is 11.1 Å². The van der Waals surface area contributed by atoms with E-state index in [1.807, 2.05) is 23.7 Å². The van der Waals surface area contributed by atoms with Crippen LogP contribution in [0.15, 0.2) is 34.2 Å². The van der Waals surface area contributed by atoms with Crippen LogP contribution in [0.4, 0.5) is 5.69 Å². The summed E-state index contributed by atoms with van der Waals surface area (Å²) in [6, 6.07) is 5.93. The molecular formula is C11H12BrN3S. The molecule has 0 bridgehead atoms. The number of hydrogen-bond donors (Lipinski definition) is 2. The number of nitrogens with one attached hydrogen (secondary N) is 1. The minimum absolute atomic E-state index is 0.778. The third-order valence-corrected chi connectivity index (χ3v) is 3.31. The highest BCUT2D eigenvalue weighted by atomic mass is 79.9. The zero-order valence-electron chi connectivity index (χ0n) is 8.61. The molecule has 0 saturated carbocycles. The molecule has 3 N–H and O–H groups in total. The molecule has 2 aromatic rings. The molecule has 0 aliphatic carbocycles. The van der Waals surface area contributed by atoms with E-state index >= 15 is 0 Å². The summed E-state index contributed by atoms with van der Waals surface area (Å²) >= 11 is 5.08. The van der Waals surface area contributed by atoms with Crippen LogP contribution in [0.25, 0.3) is 0 Å². The fraction of sp³-hybridized carbons (Fsp3) is 0.182. The summed E-state index contributed by atoms with van der Waals surface area (Å²) in [5.41, 5.74) is 7.71. The number of anilines is 1. The lowest BCUT2D eigenvalue weighted by Gasteiger charge is -2.05. The summed E-state index contributed by atoms with van der Waals surface area (Å²) in [4.78, 5) is 4.20. The van der Waals surface area contributed by atoms with E-state index in [9.17, 15) is 0 Å². The van der Waals surface area contributed by atoms with E-state index in [4.69, 9.17) is 5.73 Å². The Hall–Kier alpha value is -0.910. The van der Waals surface area contributed by atoms with Gasteiger partial charge in [-0.15, -0.1) is 11.3 Å². The van der Waals surface area contributed by atoms with Gasteiger partial charge in [0.1, 0.15) is 5.01 Å². The van der Waals surface area contributed by atoms with E-state index in [2.05, 4.69) is 32.3 Å². The van der Waals surface area contributed by atoms with E-state index < -0.39 is 0 Å². The van der Waals surface area contributed by atoms with Crippen LogP contribution in [0.2, 0.25) is 0 Å². The molecule has 2 rings (SSSR count). The Morgan fingerprint density at radius 3 is 2.88 bits per heavy atom. The number of nitrogen functional groups attached to an aromatic ring is 1. The number of benzene rings is 1. The van der Waals surface area contributed by atoms with E-state index in [0.717, 1.165) is 28.3 Å². The molecule has 0 radical (unpaired) electrons. The molecule has 3 nitrogen and oxygen atoms in total. The van der Waals surface area contributed by atoms with Gasteiger partial charge in [0.05, 0.1) is 0 Å². The number of thiazole rings is 1. The van der Waals surface area contributed by atoms with Crippen molar-refractivity contribution in [3.8, 4) is 0 Å². The molecule has 0 aliphatic heterocycles. The molecule has 5 heteroatoms. The normalized spacial score (nSPS) is 10.6. The van der Waals surface area contributed by atoms with E-state index in [1.165, 1.54) is 5.56 Å². The van der Waals surface area contributed by atoms with Crippen LogP contribution in [-0.2, 0) is 13.1 Å². The standard InChI is InChI=1S/C11H12BrN3S/c12-9-3-8(4-10(13)5-9)6-14-7-11-15-1-2-16-11/h1-5,14H,6-7,13H2. The number of halogens is 1. The summed E-state index contributed by atoms with van der Waals surface area (Å²) < 4.78 is 1.01. The van der Waals surface area contributed by atoms with Gasteiger partial charge in [-0.2, -0.15) is 0 Å². The first-order valence-corrected chi connectivity index (χ1v) is 6.55. The summed E-state index contributed by atoms with van der Waals surface area (Å²) in [5.74, 6) is 0. The fourth-order valence-corrected chi connectivity index (χ4v) is 2.58. The molecule has 0 aliphatic rings. The summed E-state index contributed by atoms with van der Waals surface area (Å²) in [5, 5.41) is 6.41. The average Bonchev–Trinajstić information content (AvgIpc) is 2.69. The van der Waals surface area contributed by atoms with Crippen molar-refractivity contribution in [3.63, 3.8) is 0 Å². The molecule has 84 valence electrons. The predicted molar refractivity (Wildman–Crippen MR) is 71.2 cm³/mol. The Bertz CT molecular complexity index is 436. The van der Waals surface area contributed by atoms with Gasteiger partial charge in [-0.1, -0.05) is 15.9 Å². The molecule has 16 heavy (non-hydrogen) atoms. The molecule has 0 spiro atoms. The zero-order valence-corrected chi connectivity index (χ0v) is 11.0. The van der Waals surface area contributed by atoms with Gasteiger partial charge in [-0.25, -0.2) is 4.98 Å². The van der Waals surface area contributed by atoms with Crippen LogP contribution in [0.1, 0.15) is 10.6 Å². The number of nitrogens with two attached hydrogens (primary N) is 1. The van der Waals surface area contributed by atoms with Crippen molar-refractivity contribution in [2.75, 3.05) is 5.73 Å². The molecule has 0 amide bonds. The lowest BCUT2D eigenvalue weighted by molar-refractivity contribution is 0.690. The second kappa shape index (κ2) is 5.43. The second-order valence-corrected chi connectivity index (χ2v) is 5.32. The van der Waals surface area contributed by atoms with Gasteiger partial charge in [-0.3, -0.25) is 0 Å². The van der Waals surface area contributed by atoms with Gasteiger partial charge in [0.25, 0.3) is 0 Å². The van der Waals surface area contributed by atoms with Gasteiger partial charge >= 0.3 is 0 Å². The Labute approximate surface area is 107 Å². The van der Waals surface area contributed by atoms with E-state index in [0.29, 0.717) is 0 Å². The maximum absolute atomic E-state index is 5.76. The van der Waals surface area contributed by atoms with Crippen LogP contribution in [0, 0.1) is 0 Å². The van der Waals surface area contributed by atoms with E-state index in [1.54, 1.807) is 11.3 Å². The van der Waals surface area contributed by atoms with Crippen LogP contribution >= 0.6 is 27.3 Å². The molecule has 1 aromatic heterocycles. The lowest BCUT2D eigenvalue weighted by Crippen LogP contribution is -2.12. The molecule has 1 aromatic carbocycles. The predicted octanol–water partition coefficient (Wildman–Crippen LogP) is 2.78. The monoisotopic (exact) mass is 297 g/mol. The first kappa shape index (κ1) is 11.6. The fourth-order valence-electron chi connectivity index (χ4n) is 1.43. The van der Waals surface area contributed by atoms with Crippen LogP contribution in [0.5, 0.6) is 0 Å². The summed E-state index contributed by atoms with van der Waals surface area (Å²) in [7, 11) is 0. The highest BCUT2D eigenvalue weighted by Gasteiger charge is 1.98. The largest absolute Gasteiger partial charge is 0.399 e. The van der Waals surface area contributed by atoms with Gasteiger partial charge in [-0.05, 0) is 23.8 Å². The maximum Gasteiger partial charge on any atom is 0.106 e. The number of aromatic nitrogens is 1. The smallest absolute Gasteiger partial charge is 0.106 e. The topological polar surface area (TPSA) is 50.9 Å². The minimum Gasteiger partial charge on any atom is -0.399 e. The number of rotatable bonds is 4. The lowest BCUT2D eigenvalue weighted by atomic mass is 10.2. The molecule has 1 heterocycles. The highest BCUT2D eigenvalue weighted by Crippen LogP contribution is 2.17. The third kappa shape index (κ3) is 3.30. The molecular weight excluding hydrogens is 286 g/mol. The second-order valence-electron chi connectivity index (χ2n) is 3.42. The van der Waals surface area contributed by atoms with Crippen LogP contribution in [-0.4, -0.2) is 4.98 Å². The zero-order chi connectivity index (χ0) is 11.4. The Kier molecular flexibility index (Phi) is 3.93. The molecule has 0 fully saturated rings. The van der Waals surface area contributed by atoms with Gasteiger partial charge in [0, 0.05) is 34.8 Å². The van der Waals surface area contributed by atoms with Gasteiger partial charge in [0.2, 0.25) is 0 Å². The average molecular weight is 298 g/mol. The van der Waals surface area contributed by atoms with Gasteiger partial charge < -0.3 is 11.1 Å². The van der Waals surface area contributed by atoms with Crippen molar-refractivity contribution in [2.45, 2.75) is 13.1 Å². The maximum atomic E-state index is 5.76. The van der Waals surface area contributed by atoms with Crippen molar-refractivity contribution in [1.29, 1.82) is 0 Å². The van der Waals surface area contributed by atoms with Gasteiger partial charge in [0.15, 0.2) is 0 Å². The van der Waals surface area contributed by atoms with Crippen LogP contribution in [0.3, 0.4) is 0 Å². The first-order valence-electron chi connectivity index (χ1n) is 4.88. The Morgan fingerprint density at radius 2 is 2.19 bits per heavy atom. The summed E-state index contributed by atoms with van der Waals surface area (Å²) in [6.45, 7) is 1.59. The summed E-state index contributed by atoms with van der Waals surface area (Å²) in [6.07, 6.45) is 1.82. The van der Waals surface area contributed by atoms with Crippen molar-refractivity contribution in [3.05, 3.63) is 44.8 Å². The molecule has 0 saturated heterocycles. The number of hydrogen-bond acceptors (Lipinski definition) is 4. The quantitative estimate of drug-likeness (QED) is 0.853. The van der Waals surface area contributed by atoms with Crippen molar-refractivity contribution >= 4 is 33.0 Å². The van der Waals surface area contributed by atoms with Crippen molar-refractivity contribution in [1.82, 2.24) is 10.3 Å². The SMILES string of the molecule is Nc1cc(Br)cc(CNCc2nccs2)c1. The minimum atomic E-state index is 0.778. The molecule has 0 unspecified atom stereocenters. The van der Waals surface area contributed by atoms with Crippen molar-refractivity contribution in [2.24, 2.45) is 0 Å². The third-order valence-electron chi connectivity index (χ3n) is 2.07. The Balaban J connectivity index is 1.89. The highest BCUT2D eigenvalue weighted by molar-refractivity contribution is 9.10. The van der Waals surface area contributed by atoms with E-state index in [-0.39, 0.29) is 0 Å². The Morgan fingerprint density at radius 1 is 1.31 bits per heavy atom. The molecule has 0 atom stereocenters. The van der Waals surface area contributed by atoms with Crippen molar-refractivity contribution < 1.29 is 0 Å². The first-order chi connectivity index (χ1) is 7.74. The number of nitrogens with zero attached hydrogens (tertiary/aromatic N) is 1.